The van der Waals surface area contributed by atoms with Crippen LogP contribution in [-0.2, 0) is 9.53 Å². The molecule has 0 bridgehead atoms. The van der Waals surface area contributed by atoms with Gasteiger partial charge in [-0.15, -0.1) is 0 Å². The smallest absolute Gasteiger partial charge is 0.410 e. The molecule has 1 amide bonds. The Hall–Kier alpha value is -1.91. The first-order valence-corrected chi connectivity index (χ1v) is 6.93. The third-order valence-corrected chi connectivity index (χ3v) is 3.47. The predicted molar refractivity (Wildman–Crippen MR) is 76.9 cm³/mol. The largest absolute Gasteiger partial charge is 0.444 e. The molecule has 0 radical (unpaired) electrons. The van der Waals surface area contributed by atoms with Crippen LogP contribution in [0.15, 0.2) is 30.3 Å². The fourth-order valence-corrected chi connectivity index (χ4v) is 2.49. The Bertz CT molecular complexity index is 526. The van der Waals surface area contributed by atoms with Crippen molar-refractivity contribution in [2.45, 2.75) is 38.0 Å². The lowest BCUT2D eigenvalue weighted by atomic mass is 9.87. The molecule has 1 heterocycles. The zero-order valence-corrected chi connectivity index (χ0v) is 12.5. The second-order valence-electron chi connectivity index (χ2n) is 6.37. The van der Waals surface area contributed by atoms with Crippen LogP contribution >= 0.6 is 0 Å². The van der Waals surface area contributed by atoms with Crippen LogP contribution in [0.5, 0.6) is 0 Å². The van der Waals surface area contributed by atoms with E-state index < -0.39 is 23.3 Å². The fourth-order valence-electron chi connectivity index (χ4n) is 2.49. The summed E-state index contributed by atoms with van der Waals surface area (Å²) < 4.78 is 20.1. The van der Waals surface area contributed by atoms with Gasteiger partial charge in [0.05, 0.1) is 6.54 Å². The number of hydrogen-bond donors (Lipinski definition) is 0. The van der Waals surface area contributed by atoms with Crippen LogP contribution in [-0.4, -0.2) is 41.6 Å². The molecule has 0 saturated carbocycles. The number of hydrogen-bond acceptors (Lipinski definition) is 3. The van der Waals surface area contributed by atoms with Crippen LogP contribution < -0.4 is 0 Å². The first-order chi connectivity index (χ1) is 9.75. The summed E-state index contributed by atoms with van der Waals surface area (Å²) in [6.07, 6.45) is -0.292. The van der Waals surface area contributed by atoms with E-state index in [2.05, 4.69) is 0 Å². The third-order valence-electron chi connectivity index (χ3n) is 3.47. The molecule has 2 rings (SSSR count). The molecule has 1 saturated heterocycles. The van der Waals surface area contributed by atoms with Crippen LogP contribution in [0.2, 0.25) is 0 Å². The van der Waals surface area contributed by atoms with Gasteiger partial charge in [0.25, 0.3) is 0 Å². The maximum atomic E-state index is 14.8. The molecule has 1 aliphatic heterocycles. The number of halogens is 1. The Labute approximate surface area is 123 Å². The Kier molecular flexibility index (Phi) is 4.03. The highest BCUT2D eigenvalue weighted by Gasteiger charge is 2.50. The molecule has 0 aromatic heterocycles. The van der Waals surface area contributed by atoms with Gasteiger partial charge in [-0.25, -0.2) is 9.18 Å². The van der Waals surface area contributed by atoms with Gasteiger partial charge in [0.1, 0.15) is 5.60 Å². The summed E-state index contributed by atoms with van der Waals surface area (Å²) in [6, 6.07) is 8.93. The zero-order chi connectivity index (χ0) is 15.7. The number of alkyl halides is 1. The van der Waals surface area contributed by atoms with Gasteiger partial charge in [0, 0.05) is 12.5 Å². The molecule has 21 heavy (non-hydrogen) atoms. The molecule has 0 N–H and O–H groups in total. The average Bonchev–Trinajstić information content (AvgIpc) is 2.77. The number of carbonyl (C=O) groups is 2. The van der Waals surface area contributed by atoms with Gasteiger partial charge in [-0.3, -0.25) is 4.79 Å². The highest BCUT2D eigenvalue weighted by Crippen LogP contribution is 2.38. The zero-order valence-electron chi connectivity index (χ0n) is 12.5. The van der Waals surface area contributed by atoms with Crippen molar-refractivity contribution in [3.05, 3.63) is 35.9 Å². The molecule has 0 aliphatic carbocycles. The number of benzene rings is 1. The number of carbonyl (C=O) groups excluding carboxylic acids is 2. The minimum atomic E-state index is -2.07. The molecule has 4 nitrogen and oxygen atoms in total. The van der Waals surface area contributed by atoms with Crippen LogP contribution in [0.3, 0.4) is 0 Å². The third kappa shape index (κ3) is 3.40. The molecule has 1 fully saturated rings. The number of likely N-dealkylation sites (tertiary alicyclic amines) is 1. The van der Waals surface area contributed by atoms with E-state index in [0.717, 1.165) is 0 Å². The number of amides is 1. The summed E-state index contributed by atoms with van der Waals surface area (Å²) in [5, 5.41) is 0. The minimum Gasteiger partial charge on any atom is -0.444 e. The lowest BCUT2D eigenvalue weighted by Crippen LogP contribution is -2.38. The molecular formula is C16H20FNO3. The standard InChI is InChI=1S/C16H20FNO3/c1-15(2,3)21-14(20)18-9-13(16(17,10-18)11-19)12-7-5-4-6-8-12/h4-8,11,13H,9-10H2,1-3H3/t13-,16+/m1/s1. The van der Waals surface area contributed by atoms with Crippen molar-refractivity contribution in [2.75, 3.05) is 13.1 Å². The quantitative estimate of drug-likeness (QED) is 0.788. The number of ether oxygens (including phenoxy) is 1. The van der Waals surface area contributed by atoms with E-state index in [1.165, 1.54) is 4.90 Å². The first-order valence-electron chi connectivity index (χ1n) is 6.93. The second-order valence-corrected chi connectivity index (χ2v) is 6.37. The van der Waals surface area contributed by atoms with Crippen molar-refractivity contribution in [3.63, 3.8) is 0 Å². The maximum Gasteiger partial charge on any atom is 0.410 e. The number of rotatable bonds is 2. The van der Waals surface area contributed by atoms with E-state index in [1.807, 2.05) is 6.07 Å². The summed E-state index contributed by atoms with van der Waals surface area (Å²) in [6.45, 7) is 5.10. The summed E-state index contributed by atoms with van der Waals surface area (Å²) in [5.41, 5.74) is -2.02. The lowest BCUT2D eigenvalue weighted by Gasteiger charge is -2.24. The van der Waals surface area contributed by atoms with Gasteiger partial charge < -0.3 is 9.64 Å². The summed E-state index contributed by atoms with van der Waals surface area (Å²) in [7, 11) is 0. The van der Waals surface area contributed by atoms with Gasteiger partial charge in [-0.2, -0.15) is 0 Å². The second kappa shape index (κ2) is 5.47. The SMILES string of the molecule is CC(C)(C)OC(=O)N1C[C@H](c2ccccc2)[C@@](F)(C=O)C1. The molecule has 114 valence electrons. The van der Waals surface area contributed by atoms with Gasteiger partial charge in [-0.1, -0.05) is 30.3 Å². The Balaban J connectivity index is 2.20. The number of nitrogens with zero attached hydrogens (tertiary/aromatic N) is 1. The van der Waals surface area contributed by atoms with Gasteiger partial charge >= 0.3 is 6.09 Å². The Morgan fingerprint density at radius 2 is 2.00 bits per heavy atom. The van der Waals surface area contributed by atoms with Crippen molar-refractivity contribution in [2.24, 2.45) is 0 Å². The summed E-state index contributed by atoms with van der Waals surface area (Å²) >= 11 is 0. The first kappa shape index (κ1) is 15.5. The number of aldehydes is 1. The molecular weight excluding hydrogens is 273 g/mol. The fraction of sp³-hybridized carbons (Fsp3) is 0.500. The van der Waals surface area contributed by atoms with E-state index in [0.29, 0.717) is 11.8 Å². The van der Waals surface area contributed by atoms with Crippen molar-refractivity contribution in [1.82, 2.24) is 4.90 Å². The normalized spacial score (nSPS) is 25.7. The molecule has 1 aliphatic rings. The van der Waals surface area contributed by atoms with Crippen molar-refractivity contribution < 1.29 is 18.7 Å². The van der Waals surface area contributed by atoms with E-state index in [4.69, 9.17) is 4.74 Å². The van der Waals surface area contributed by atoms with Crippen molar-refractivity contribution >= 4 is 12.4 Å². The molecule has 5 heteroatoms. The van der Waals surface area contributed by atoms with Crippen LogP contribution in [0.1, 0.15) is 32.3 Å². The van der Waals surface area contributed by atoms with Crippen LogP contribution in [0, 0.1) is 0 Å². The predicted octanol–water partition coefficient (Wildman–Crippen LogP) is 2.93. The van der Waals surface area contributed by atoms with Crippen molar-refractivity contribution in [1.29, 1.82) is 0 Å². The molecule has 1 aromatic rings. The van der Waals surface area contributed by atoms with Gasteiger partial charge in [-0.05, 0) is 26.3 Å². The molecule has 1 aromatic carbocycles. The summed E-state index contributed by atoms with van der Waals surface area (Å²) in [4.78, 5) is 24.5. The van der Waals surface area contributed by atoms with E-state index in [1.54, 1.807) is 45.0 Å². The van der Waals surface area contributed by atoms with E-state index >= 15 is 0 Å². The highest BCUT2D eigenvalue weighted by molar-refractivity contribution is 5.74. The Morgan fingerprint density at radius 1 is 1.38 bits per heavy atom. The molecule has 2 atom stereocenters. The maximum absolute atomic E-state index is 14.8. The summed E-state index contributed by atoms with van der Waals surface area (Å²) in [5.74, 6) is -0.663. The van der Waals surface area contributed by atoms with Crippen molar-refractivity contribution in [3.8, 4) is 0 Å². The van der Waals surface area contributed by atoms with Crippen LogP contribution in [0.4, 0.5) is 9.18 Å². The lowest BCUT2D eigenvalue weighted by molar-refractivity contribution is -0.117. The molecule has 0 unspecified atom stereocenters. The molecule has 0 spiro atoms. The highest BCUT2D eigenvalue weighted by atomic mass is 19.1. The topological polar surface area (TPSA) is 46.6 Å². The Morgan fingerprint density at radius 3 is 2.52 bits per heavy atom. The van der Waals surface area contributed by atoms with Gasteiger partial charge in [0.15, 0.2) is 12.0 Å². The van der Waals surface area contributed by atoms with E-state index in [9.17, 15) is 14.0 Å². The van der Waals surface area contributed by atoms with E-state index in [-0.39, 0.29) is 13.1 Å². The average molecular weight is 293 g/mol. The van der Waals surface area contributed by atoms with Crippen LogP contribution in [0.25, 0.3) is 0 Å². The monoisotopic (exact) mass is 293 g/mol. The minimum absolute atomic E-state index is 0.133. The van der Waals surface area contributed by atoms with Gasteiger partial charge in [0.2, 0.25) is 0 Å².